The second kappa shape index (κ2) is 4.86. The molecule has 0 radical (unpaired) electrons. The van der Waals surface area contributed by atoms with Gasteiger partial charge in [-0.05, 0) is 25.0 Å². The Bertz CT molecular complexity index is 359. The first-order valence-corrected chi connectivity index (χ1v) is 5.20. The molecule has 1 aliphatic heterocycles. The Labute approximate surface area is 90.2 Å². The Morgan fingerprint density at radius 3 is 3.00 bits per heavy atom. The lowest BCUT2D eigenvalue weighted by Crippen LogP contribution is -2.28. The summed E-state index contributed by atoms with van der Waals surface area (Å²) in [5.74, 6) is 3.41. The summed E-state index contributed by atoms with van der Waals surface area (Å²) in [5, 5.41) is 0. The van der Waals surface area contributed by atoms with E-state index in [0.29, 0.717) is 6.61 Å². The van der Waals surface area contributed by atoms with Crippen molar-refractivity contribution < 1.29 is 9.47 Å². The second-order valence-electron chi connectivity index (χ2n) is 3.60. The van der Waals surface area contributed by atoms with Crippen molar-refractivity contribution in [3.05, 3.63) is 29.8 Å². The van der Waals surface area contributed by atoms with E-state index in [1.165, 1.54) is 0 Å². The normalized spacial score (nSPS) is 20.6. The van der Waals surface area contributed by atoms with Crippen molar-refractivity contribution in [3.63, 3.8) is 0 Å². The number of hydrogen-bond acceptors (Lipinski definition) is 2. The van der Waals surface area contributed by atoms with Crippen molar-refractivity contribution in [2.24, 2.45) is 0 Å². The average molecular weight is 202 g/mol. The molecule has 1 atom stereocenters. The molecule has 1 aromatic rings. The zero-order chi connectivity index (χ0) is 10.5. The number of terminal acetylenes is 1. The highest BCUT2D eigenvalue weighted by Crippen LogP contribution is 2.20. The fourth-order valence-corrected chi connectivity index (χ4v) is 1.67. The van der Waals surface area contributed by atoms with Gasteiger partial charge in [0.2, 0.25) is 0 Å². The molecule has 2 heteroatoms. The smallest absolute Gasteiger partial charge is 0.135 e. The van der Waals surface area contributed by atoms with Gasteiger partial charge < -0.3 is 9.47 Å². The van der Waals surface area contributed by atoms with Crippen LogP contribution in [-0.2, 0) is 4.74 Å². The van der Waals surface area contributed by atoms with Crippen LogP contribution in [0.3, 0.4) is 0 Å². The Morgan fingerprint density at radius 2 is 2.27 bits per heavy atom. The van der Waals surface area contributed by atoms with Gasteiger partial charge in [0.1, 0.15) is 11.9 Å². The topological polar surface area (TPSA) is 18.5 Å². The summed E-state index contributed by atoms with van der Waals surface area (Å²) in [4.78, 5) is 0. The monoisotopic (exact) mass is 202 g/mol. The van der Waals surface area contributed by atoms with E-state index >= 15 is 0 Å². The molecule has 15 heavy (non-hydrogen) atoms. The molecule has 0 aromatic heterocycles. The van der Waals surface area contributed by atoms with Crippen molar-refractivity contribution in [2.75, 3.05) is 13.2 Å². The van der Waals surface area contributed by atoms with Crippen LogP contribution in [0.1, 0.15) is 18.4 Å². The van der Waals surface area contributed by atoms with Gasteiger partial charge in [0, 0.05) is 6.61 Å². The standard InChI is InChI=1S/C13H14O2/c1-2-11-6-3-4-8-13(11)15-12-7-5-9-14-10-12/h1,3-4,6,8,12H,5,7,9-10H2. The van der Waals surface area contributed by atoms with Crippen molar-refractivity contribution >= 4 is 0 Å². The van der Waals surface area contributed by atoms with Gasteiger partial charge in [-0.25, -0.2) is 0 Å². The highest BCUT2D eigenvalue weighted by molar-refractivity contribution is 5.44. The molecule has 1 heterocycles. The van der Waals surface area contributed by atoms with Gasteiger partial charge >= 0.3 is 0 Å². The second-order valence-corrected chi connectivity index (χ2v) is 3.60. The lowest BCUT2D eigenvalue weighted by Gasteiger charge is -2.23. The Kier molecular flexibility index (Phi) is 3.26. The van der Waals surface area contributed by atoms with E-state index in [2.05, 4.69) is 5.92 Å². The van der Waals surface area contributed by atoms with Crippen LogP contribution in [0.25, 0.3) is 0 Å². The highest BCUT2D eigenvalue weighted by Gasteiger charge is 2.16. The largest absolute Gasteiger partial charge is 0.487 e. The molecular formula is C13H14O2. The van der Waals surface area contributed by atoms with Gasteiger partial charge in [0.25, 0.3) is 0 Å². The van der Waals surface area contributed by atoms with Crippen LogP contribution in [-0.4, -0.2) is 19.3 Å². The maximum absolute atomic E-state index is 5.81. The Balaban J connectivity index is 2.06. The van der Waals surface area contributed by atoms with E-state index in [0.717, 1.165) is 30.8 Å². The summed E-state index contributed by atoms with van der Waals surface area (Å²) in [7, 11) is 0. The fourth-order valence-electron chi connectivity index (χ4n) is 1.67. The van der Waals surface area contributed by atoms with Gasteiger partial charge in [0.15, 0.2) is 0 Å². The number of benzene rings is 1. The van der Waals surface area contributed by atoms with Crippen LogP contribution in [0.15, 0.2) is 24.3 Å². The van der Waals surface area contributed by atoms with Crippen molar-refractivity contribution in [1.82, 2.24) is 0 Å². The number of para-hydroxylation sites is 1. The minimum absolute atomic E-state index is 0.147. The molecule has 1 aliphatic rings. The van der Waals surface area contributed by atoms with Gasteiger partial charge in [0.05, 0.1) is 12.2 Å². The van der Waals surface area contributed by atoms with Crippen LogP contribution in [0, 0.1) is 12.3 Å². The van der Waals surface area contributed by atoms with Gasteiger partial charge in [-0.1, -0.05) is 18.1 Å². The maximum atomic E-state index is 5.81. The highest BCUT2D eigenvalue weighted by atomic mass is 16.5. The Morgan fingerprint density at radius 1 is 1.40 bits per heavy atom. The number of ether oxygens (including phenoxy) is 2. The molecule has 2 rings (SSSR count). The molecule has 0 bridgehead atoms. The van der Waals surface area contributed by atoms with Crippen molar-refractivity contribution in [3.8, 4) is 18.1 Å². The van der Waals surface area contributed by atoms with Crippen molar-refractivity contribution in [1.29, 1.82) is 0 Å². The summed E-state index contributed by atoms with van der Waals surface area (Å²) in [6.07, 6.45) is 7.64. The van der Waals surface area contributed by atoms with Crippen LogP contribution in [0.5, 0.6) is 5.75 Å². The first-order valence-electron chi connectivity index (χ1n) is 5.20. The van der Waals surface area contributed by atoms with Gasteiger partial charge in [-0.15, -0.1) is 6.42 Å². The van der Waals surface area contributed by atoms with Crippen LogP contribution in [0.2, 0.25) is 0 Å². The van der Waals surface area contributed by atoms with Crippen molar-refractivity contribution in [2.45, 2.75) is 18.9 Å². The SMILES string of the molecule is C#Cc1ccccc1OC1CCCOC1. The summed E-state index contributed by atoms with van der Waals surface area (Å²) in [6, 6.07) is 7.64. The molecule has 0 amide bonds. The number of rotatable bonds is 2. The predicted octanol–water partition coefficient (Wildman–Crippen LogP) is 2.23. The fraction of sp³-hybridized carbons (Fsp3) is 0.385. The first kappa shape index (κ1) is 10.1. The molecule has 0 aliphatic carbocycles. The van der Waals surface area contributed by atoms with E-state index in [1.54, 1.807) is 0 Å². The summed E-state index contributed by atoms with van der Waals surface area (Å²) < 4.78 is 11.2. The third kappa shape index (κ3) is 2.51. The minimum atomic E-state index is 0.147. The van der Waals surface area contributed by atoms with Crippen LogP contribution in [0.4, 0.5) is 0 Å². The molecule has 2 nitrogen and oxygen atoms in total. The molecule has 0 saturated carbocycles. The van der Waals surface area contributed by atoms with Crippen LogP contribution < -0.4 is 4.74 Å². The van der Waals surface area contributed by atoms with Gasteiger partial charge in [-0.3, -0.25) is 0 Å². The van der Waals surface area contributed by atoms with E-state index in [1.807, 2.05) is 24.3 Å². The van der Waals surface area contributed by atoms with E-state index in [-0.39, 0.29) is 6.10 Å². The first-order chi connectivity index (χ1) is 7.40. The summed E-state index contributed by atoms with van der Waals surface area (Å²) >= 11 is 0. The molecule has 0 N–H and O–H groups in total. The Hall–Kier alpha value is -1.46. The van der Waals surface area contributed by atoms with Crippen LogP contribution >= 0.6 is 0 Å². The number of hydrogen-bond donors (Lipinski definition) is 0. The average Bonchev–Trinajstić information content (AvgIpc) is 2.31. The van der Waals surface area contributed by atoms with E-state index < -0.39 is 0 Å². The zero-order valence-electron chi connectivity index (χ0n) is 8.61. The molecule has 1 fully saturated rings. The molecule has 78 valence electrons. The third-order valence-corrected chi connectivity index (χ3v) is 2.45. The third-order valence-electron chi connectivity index (χ3n) is 2.45. The predicted molar refractivity (Wildman–Crippen MR) is 58.8 cm³/mol. The minimum Gasteiger partial charge on any atom is -0.487 e. The maximum Gasteiger partial charge on any atom is 0.135 e. The quantitative estimate of drug-likeness (QED) is 0.685. The molecule has 1 unspecified atom stereocenters. The molecular weight excluding hydrogens is 188 g/mol. The van der Waals surface area contributed by atoms with E-state index in [9.17, 15) is 0 Å². The lowest BCUT2D eigenvalue weighted by molar-refractivity contribution is 0.00732. The molecule has 1 saturated heterocycles. The zero-order valence-corrected chi connectivity index (χ0v) is 8.61. The molecule has 0 spiro atoms. The summed E-state index contributed by atoms with van der Waals surface area (Å²) in [5.41, 5.74) is 0.808. The summed E-state index contributed by atoms with van der Waals surface area (Å²) in [6.45, 7) is 1.51. The molecule has 1 aromatic carbocycles. The van der Waals surface area contributed by atoms with Gasteiger partial charge in [-0.2, -0.15) is 0 Å². The lowest BCUT2D eigenvalue weighted by atomic mass is 10.1. The van der Waals surface area contributed by atoms with E-state index in [4.69, 9.17) is 15.9 Å².